The molecular weight excluding hydrogens is 598 g/mol. The Balaban J connectivity index is 1.78. The summed E-state index contributed by atoms with van der Waals surface area (Å²) in [4.78, 5) is 25.5. The van der Waals surface area contributed by atoms with Gasteiger partial charge in [-0.15, -0.1) is 16.8 Å². The number of aromatic nitrogens is 3. The molecule has 3 aromatic rings. The van der Waals surface area contributed by atoms with Gasteiger partial charge in [-0.05, 0) is 42.3 Å². The third-order valence-electron chi connectivity index (χ3n) is 5.36. The second kappa shape index (κ2) is 13.1. The first-order chi connectivity index (χ1) is 18.3. The molecule has 14 heteroatoms. The molecule has 1 heterocycles. The number of amides is 2. The van der Waals surface area contributed by atoms with E-state index >= 15 is 0 Å². The average Bonchev–Trinajstić information content (AvgIpc) is 3.23. The molecule has 208 valence electrons. The van der Waals surface area contributed by atoms with Crippen molar-refractivity contribution < 1.29 is 22.8 Å². The fraction of sp³-hybridized carbons (Fsp3) is 0.280. The van der Waals surface area contributed by atoms with Crippen molar-refractivity contribution in [3.8, 4) is 0 Å². The fourth-order valence-electron chi connectivity index (χ4n) is 3.47. The molecule has 1 atom stereocenters. The first-order valence-electron chi connectivity index (χ1n) is 11.4. The van der Waals surface area contributed by atoms with Crippen LogP contribution in [-0.4, -0.2) is 32.3 Å². The number of benzene rings is 2. The number of allylic oxidation sites excluding steroid dienone is 1. The van der Waals surface area contributed by atoms with E-state index in [1.54, 1.807) is 16.7 Å². The smallest absolute Gasteiger partial charge is 0.342 e. The first kappa shape index (κ1) is 30.8. The van der Waals surface area contributed by atoms with Crippen molar-refractivity contribution >= 4 is 64.1 Å². The minimum absolute atomic E-state index is 0.0326. The number of halogens is 6. The fourth-order valence-corrected chi connectivity index (χ4v) is 4.89. The van der Waals surface area contributed by atoms with Crippen molar-refractivity contribution in [2.75, 3.05) is 11.1 Å². The molecule has 0 bridgehead atoms. The van der Waals surface area contributed by atoms with Gasteiger partial charge in [0.05, 0.1) is 38.7 Å². The highest BCUT2D eigenvalue weighted by Crippen LogP contribution is 2.34. The minimum atomic E-state index is -4.59. The van der Waals surface area contributed by atoms with Crippen LogP contribution in [0.3, 0.4) is 0 Å². The van der Waals surface area contributed by atoms with E-state index in [1.165, 1.54) is 12.1 Å². The molecule has 2 aromatic carbocycles. The molecule has 7 nitrogen and oxygen atoms in total. The summed E-state index contributed by atoms with van der Waals surface area (Å²) in [5, 5.41) is 14.6. The van der Waals surface area contributed by atoms with Gasteiger partial charge in [0.1, 0.15) is 0 Å². The lowest BCUT2D eigenvalue weighted by molar-refractivity contribution is -0.137. The van der Waals surface area contributed by atoms with Crippen LogP contribution in [0.4, 0.5) is 18.9 Å². The van der Waals surface area contributed by atoms with E-state index in [0.717, 1.165) is 30.0 Å². The minimum Gasteiger partial charge on any atom is -0.342 e. The molecule has 0 saturated heterocycles. The number of carbonyl (C=O) groups excluding carboxylic acids is 2. The zero-order chi connectivity index (χ0) is 28.9. The van der Waals surface area contributed by atoms with Crippen LogP contribution in [-0.2, 0) is 17.5 Å². The summed E-state index contributed by atoms with van der Waals surface area (Å²) in [6.45, 7) is 7.80. The second-order valence-electron chi connectivity index (χ2n) is 8.59. The van der Waals surface area contributed by atoms with E-state index < -0.39 is 29.6 Å². The molecule has 0 spiro atoms. The van der Waals surface area contributed by atoms with E-state index in [9.17, 15) is 22.8 Å². The first-order valence-corrected chi connectivity index (χ1v) is 13.5. The highest BCUT2D eigenvalue weighted by molar-refractivity contribution is 7.99. The zero-order valence-electron chi connectivity index (χ0n) is 20.7. The number of hydrogen-bond acceptors (Lipinski definition) is 5. The summed E-state index contributed by atoms with van der Waals surface area (Å²) in [5.41, 5.74) is -0.860. The monoisotopic (exact) mass is 619 g/mol. The maximum Gasteiger partial charge on any atom is 0.416 e. The van der Waals surface area contributed by atoms with Crippen LogP contribution in [0.15, 0.2) is 54.2 Å². The molecule has 0 radical (unpaired) electrons. The Bertz CT molecular complexity index is 1380. The van der Waals surface area contributed by atoms with Crippen molar-refractivity contribution in [3.63, 3.8) is 0 Å². The van der Waals surface area contributed by atoms with Gasteiger partial charge in [0.25, 0.3) is 5.91 Å². The van der Waals surface area contributed by atoms with Gasteiger partial charge in [-0.25, -0.2) is 0 Å². The Morgan fingerprint density at radius 2 is 1.82 bits per heavy atom. The number of hydrogen-bond donors (Lipinski definition) is 2. The molecule has 0 aliphatic rings. The number of rotatable bonds is 10. The Morgan fingerprint density at radius 3 is 2.44 bits per heavy atom. The lowest BCUT2D eigenvalue weighted by atomic mass is 10.0. The molecule has 0 aliphatic heterocycles. The number of alkyl halides is 3. The normalized spacial score (nSPS) is 12.3. The summed E-state index contributed by atoms with van der Waals surface area (Å²) in [5.74, 6) is -0.915. The predicted molar refractivity (Wildman–Crippen MR) is 148 cm³/mol. The van der Waals surface area contributed by atoms with E-state index in [1.807, 2.05) is 13.8 Å². The Hall–Kier alpha value is -2.73. The van der Waals surface area contributed by atoms with Crippen LogP contribution >= 0.6 is 46.6 Å². The van der Waals surface area contributed by atoms with Gasteiger partial charge in [0.15, 0.2) is 11.0 Å². The molecule has 3 rings (SSSR count). The van der Waals surface area contributed by atoms with Crippen LogP contribution < -0.4 is 10.6 Å². The van der Waals surface area contributed by atoms with Crippen molar-refractivity contribution in [3.05, 3.63) is 81.1 Å². The van der Waals surface area contributed by atoms with E-state index in [-0.39, 0.29) is 39.5 Å². The van der Waals surface area contributed by atoms with Crippen molar-refractivity contribution in [2.45, 2.75) is 37.8 Å². The lowest BCUT2D eigenvalue weighted by Gasteiger charge is -2.23. The second-order valence-corrected chi connectivity index (χ2v) is 10.8. The number of thioether (sulfide) groups is 1. The van der Waals surface area contributed by atoms with Crippen molar-refractivity contribution in [1.29, 1.82) is 0 Å². The molecule has 1 aromatic heterocycles. The van der Waals surface area contributed by atoms with Gasteiger partial charge in [0, 0.05) is 11.6 Å². The summed E-state index contributed by atoms with van der Waals surface area (Å²) >= 11 is 19.1. The van der Waals surface area contributed by atoms with Gasteiger partial charge in [-0.2, -0.15) is 13.2 Å². The standard InChI is InChI=1S/C25H23Cl3F3N5O2S/c1-4-9-36-22(21(13(2)3)33-23(38)16-7-6-15(26)11-18(16)28)34-35-24(36)39-12-20(37)32-19-10-14(25(29,30)31)5-8-17(19)27/h4-8,10-11,13,21H,1,9,12H2,2-3H3,(H,32,37)(H,33,38)/t21-/m1/s1. The van der Waals surface area contributed by atoms with Gasteiger partial charge in [-0.3, -0.25) is 9.59 Å². The van der Waals surface area contributed by atoms with Gasteiger partial charge < -0.3 is 15.2 Å². The topological polar surface area (TPSA) is 88.9 Å². The summed E-state index contributed by atoms with van der Waals surface area (Å²) in [6, 6.07) is 6.63. The Morgan fingerprint density at radius 1 is 1.10 bits per heavy atom. The van der Waals surface area contributed by atoms with Gasteiger partial charge in [-0.1, -0.05) is 66.5 Å². The molecule has 0 aliphatic carbocycles. The van der Waals surface area contributed by atoms with Gasteiger partial charge in [0.2, 0.25) is 5.91 Å². The maximum atomic E-state index is 13.0. The molecule has 0 fully saturated rings. The lowest BCUT2D eigenvalue weighted by Crippen LogP contribution is -2.34. The molecule has 2 N–H and O–H groups in total. The predicted octanol–water partition coefficient (Wildman–Crippen LogP) is 7.30. The SMILES string of the molecule is C=CCn1c(SCC(=O)Nc2cc(C(F)(F)F)ccc2Cl)nnc1[C@H](NC(=O)c1ccc(Cl)cc1Cl)C(C)C. The average molecular weight is 621 g/mol. The number of carbonyl (C=O) groups is 2. The van der Waals surface area contributed by atoms with Crippen molar-refractivity contribution in [1.82, 2.24) is 20.1 Å². The zero-order valence-corrected chi connectivity index (χ0v) is 23.7. The van der Waals surface area contributed by atoms with Crippen LogP contribution in [0.25, 0.3) is 0 Å². The quantitative estimate of drug-likeness (QED) is 0.183. The Labute approximate surface area is 242 Å². The largest absolute Gasteiger partial charge is 0.416 e. The summed E-state index contributed by atoms with van der Waals surface area (Å²) in [7, 11) is 0. The molecule has 0 saturated carbocycles. The van der Waals surface area contributed by atoms with Gasteiger partial charge >= 0.3 is 6.18 Å². The van der Waals surface area contributed by atoms with E-state index in [2.05, 4.69) is 27.4 Å². The van der Waals surface area contributed by atoms with E-state index in [0.29, 0.717) is 16.0 Å². The molecule has 39 heavy (non-hydrogen) atoms. The molecule has 0 unspecified atom stereocenters. The van der Waals surface area contributed by atoms with E-state index in [4.69, 9.17) is 34.8 Å². The third-order valence-corrected chi connectivity index (χ3v) is 7.21. The third kappa shape index (κ3) is 7.91. The highest BCUT2D eigenvalue weighted by atomic mass is 35.5. The molecular formula is C25H23Cl3F3N5O2S. The van der Waals surface area contributed by atoms with Crippen LogP contribution in [0, 0.1) is 5.92 Å². The van der Waals surface area contributed by atoms with Crippen LogP contribution in [0.2, 0.25) is 15.1 Å². The number of nitrogens with zero attached hydrogens (tertiary/aromatic N) is 3. The maximum absolute atomic E-state index is 13.0. The summed E-state index contributed by atoms with van der Waals surface area (Å²) in [6.07, 6.45) is -2.98. The summed E-state index contributed by atoms with van der Waals surface area (Å²) < 4.78 is 40.8. The van der Waals surface area contributed by atoms with Crippen molar-refractivity contribution in [2.24, 2.45) is 5.92 Å². The number of anilines is 1. The number of nitrogens with one attached hydrogen (secondary N) is 2. The molecule has 2 amide bonds. The van der Waals surface area contributed by atoms with Crippen LogP contribution in [0.1, 0.15) is 41.6 Å². The van der Waals surface area contributed by atoms with Crippen LogP contribution in [0.5, 0.6) is 0 Å². The highest BCUT2D eigenvalue weighted by Gasteiger charge is 2.31. The Kier molecular flexibility index (Phi) is 10.3.